The molecule has 0 saturated heterocycles. The lowest BCUT2D eigenvalue weighted by atomic mass is 10.3. The number of anilines is 1. The van der Waals surface area contributed by atoms with Crippen molar-refractivity contribution >= 4 is 42.7 Å². The molecule has 0 aliphatic heterocycles. The number of nitrogens with zero attached hydrogens (tertiary/aromatic N) is 2. The number of nitrogens with one attached hydrogen (secondary N) is 1. The van der Waals surface area contributed by atoms with E-state index in [1.54, 1.807) is 45.5 Å². The van der Waals surface area contributed by atoms with Gasteiger partial charge in [0.05, 0.1) is 16.7 Å². The van der Waals surface area contributed by atoms with Crippen molar-refractivity contribution in [1.29, 1.82) is 0 Å². The number of imidazole rings is 1. The van der Waals surface area contributed by atoms with E-state index in [0.29, 0.717) is 28.8 Å². The maximum absolute atomic E-state index is 12.6. The van der Waals surface area contributed by atoms with Crippen molar-refractivity contribution in [3.8, 4) is 0 Å². The molecule has 1 heterocycles. The van der Waals surface area contributed by atoms with E-state index >= 15 is 0 Å². The fraction of sp³-hybridized carbons (Fsp3) is 0.235. The molecule has 2 aromatic carbocycles. The van der Waals surface area contributed by atoms with Crippen LogP contribution in [0.2, 0.25) is 0 Å². The first kappa shape index (κ1) is 17.8. The van der Waals surface area contributed by atoms with Gasteiger partial charge in [0.2, 0.25) is 0 Å². The van der Waals surface area contributed by atoms with Gasteiger partial charge in [-0.15, -0.1) is 0 Å². The molecule has 0 bridgehead atoms. The third-order valence-electron chi connectivity index (χ3n) is 4.03. The molecule has 3 aromatic rings. The Balaban J connectivity index is 2.09. The number of halogens is 1. The van der Waals surface area contributed by atoms with E-state index in [2.05, 4.69) is 20.7 Å². The van der Waals surface area contributed by atoms with E-state index in [1.165, 1.54) is 6.07 Å². The standard InChI is InChI=1S/C17H18BrN3O3S/c1-3-20-14-10-9-12(11-15(14)21(4-2)17(20)22)19-25(23,24)16-8-6-5-7-13(16)18/h5-11,19H,3-4H2,1-2H3. The van der Waals surface area contributed by atoms with Gasteiger partial charge in [-0.25, -0.2) is 13.2 Å². The number of fused-ring (bicyclic) bond motifs is 1. The average Bonchev–Trinajstić information content (AvgIpc) is 2.84. The maximum atomic E-state index is 12.6. The maximum Gasteiger partial charge on any atom is 0.329 e. The van der Waals surface area contributed by atoms with Crippen LogP contribution in [-0.2, 0) is 23.1 Å². The molecular weight excluding hydrogens is 406 g/mol. The summed E-state index contributed by atoms with van der Waals surface area (Å²) in [5, 5.41) is 0. The van der Waals surface area contributed by atoms with Crippen molar-refractivity contribution < 1.29 is 8.42 Å². The van der Waals surface area contributed by atoms with Crippen LogP contribution in [0, 0.1) is 0 Å². The minimum Gasteiger partial charge on any atom is -0.292 e. The molecule has 0 saturated carbocycles. The topological polar surface area (TPSA) is 73.1 Å². The van der Waals surface area contributed by atoms with Crippen molar-refractivity contribution in [3.05, 3.63) is 57.4 Å². The van der Waals surface area contributed by atoms with Crippen LogP contribution < -0.4 is 10.4 Å². The summed E-state index contributed by atoms with van der Waals surface area (Å²) in [5.41, 5.74) is 1.82. The van der Waals surface area contributed by atoms with Crippen molar-refractivity contribution in [2.75, 3.05) is 4.72 Å². The predicted molar refractivity (Wildman–Crippen MR) is 102 cm³/mol. The average molecular weight is 424 g/mol. The Bertz CT molecular complexity index is 1100. The highest BCUT2D eigenvalue weighted by molar-refractivity contribution is 9.10. The summed E-state index contributed by atoms with van der Waals surface area (Å²) in [6, 6.07) is 11.8. The lowest BCUT2D eigenvalue weighted by molar-refractivity contribution is 0.601. The Morgan fingerprint density at radius 2 is 1.64 bits per heavy atom. The molecule has 25 heavy (non-hydrogen) atoms. The third kappa shape index (κ3) is 3.11. The van der Waals surface area contributed by atoms with Crippen molar-refractivity contribution in [2.24, 2.45) is 0 Å². The van der Waals surface area contributed by atoms with Crippen molar-refractivity contribution in [1.82, 2.24) is 9.13 Å². The predicted octanol–water partition coefficient (Wildman–Crippen LogP) is 3.41. The summed E-state index contributed by atoms with van der Waals surface area (Å²) in [6.07, 6.45) is 0. The lowest BCUT2D eigenvalue weighted by Gasteiger charge is -2.10. The second-order valence-corrected chi connectivity index (χ2v) is 8.02. The van der Waals surface area contributed by atoms with Crippen LogP contribution in [0.1, 0.15) is 13.8 Å². The SMILES string of the molecule is CCn1c(=O)n(CC)c2cc(NS(=O)(=O)c3ccccc3Br)ccc21. The second kappa shape index (κ2) is 6.68. The molecule has 0 radical (unpaired) electrons. The van der Waals surface area contributed by atoms with Gasteiger partial charge in [-0.3, -0.25) is 13.9 Å². The first-order chi connectivity index (χ1) is 11.9. The molecule has 0 unspecified atom stereocenters. The van der Waals surface area contributed by atoms with Crippen LogP contribution in [0.3, 0.4) is 0 Å². The summed E-state index contributed by atoms with van der Waals surface area (Å²) < 4.78 is 31.6. The number of benzene rings is 2. The largest absolute Gasteiger partial charge is 0.329 e. The molecule has 0 spiro atoms. The van der Waals surface area contributed by atoms with Crippen LogP contribution in [0.15, 0.2) is 56.6 Å². The van der Waals surface area contributed by atoms with Gasteiger partial charge in [-0.05, 0) is 60.1 Å². The first-order valence-electron chi connectivity index (χ1n) is 7.89. The van der Waals surface area contributed by atoms with Gasteiger partial charge in [0.25, 0.3) is 10.0 Å². The van der Waals surface area contributed by atoms with Crippen LogP contribution in [-0.4, -0.2) is 17.6 Å². The lowest BCUT2D eigenvalue weighted by Crippen LogP contribution is -2.23. The zero-order chi connectivity index (χ0) is 18.2. The zero-order valence-corrected chi connectivity index (χ0v) is 16.3. The Morgan fingerprint density at radius 3 is 2.28 bits per heavy atom. The van der Waals surface area contributed by atoms with Crippen LogP contribution in [0.4, 0.5) is 5.69 Å². The molecule has 8 heteroatoms. The van der Waals surface area contributed by atoms with Crippen molar-refractivity contribution in [2.45, 2.75) is 31.8 Å². The monoisotopic (exact) mass is 423 g/mol. The number of aryl methyl sites for hydroxylation is 2. The second-order valence-electron chi connectivity index (χ2n) is 5.51. The van der Waals surface area contributed by atoms with E-state index in [0.717, 1.165) is 5.52 Å². The molecule has 0 fully saturated rings. The molecular formula is C17H18BrN3O3S. The number of hydrogen-bond acceptors (Lipinski definition) is 3. The quantitative estimate of drug-likeness (QED) is 0.683. The summed E-state index contributed by atoms with van der Waals surface area (Å²) >= 11 is 3.26. The zero-order valence-electron chi connectivity index (χ0n) is 13.9. The minimum atomic E-state index is -3.73. The molecule has 0 aliphatic rings. The highest BCUT2D eigenvalue weighted by Gasteiger charge is 2.18. The van der Waals surface area contributed by atoms with Gasteiger partial charge in [-0.1, -0.05) is 12.1 Å². The molecule has 1 N–H and O–H groups in total. The highest BCUT2D eigenvalue weighted by Crippen LogP contribution is 2.25. The van der Waals surface area contributed by atoms with Gasteiger partial charge >= 0.3 is 5.69 Å². The number of sulfonamides is 1. The van der Waals surface area contributed by atoms with E-state index in [-0.39, 0.29) is 10.6 Å². The van der Waals surface area contributed by atoms with Gasteiger partial charge in [0, 0.05) is 17.6 Å². The Labute approximate surface area is 154 Å². The number of hydrogen-bond donors (Lipinski definition) is 1. The van der Waals surface area contributed by atoms with Crippen LogP contribution in [0.25, 0.3) is 11.0 Å². The fourth-order valence-corrected chi connectivity index (χ4v) is 4.92. The molecule has 0 amide bonds. The molecule has 3 rings (SSSR count). The summed E-state index contributed by atoms with van der Waals surface area (Å²) in [5.74, 6) is 0. The molecule has 1 aromatic heterocycles. The Morgan fingerprint density at radius 1 is 1.00 bits per heavy atom. The van der Waals surface area contributed by atoms with E-state index in [4.69, 9.17) is 0 Å². The Kier molecular flexibility index (Phi) is 4.75. The third-order valence-corrected chi connectivity index (χ3v) is 6.42. The minimum absolute atomic E-state index is 0.0918. The summed E-state index contributed by atoms with van der Waals surface area (Å²) in [6.45, 7) is 4.87. The van der Waals surface area contributed by atoms with Crippen molar-refractivity contribution in [3.63, 3.8) is 0 Å². The smallest absolute Gasteiger partial charge is 0.292 e. The van der Waals surface area contributed by atoms with Gasteiger partial charge in [-0.2, -0.15) is 0 Å². The van der Waals surface area contributed by atoms with Gasteiger partial charge in [0.15, 0.2) is 0 Å². The molecule has 132 valence electrons. The fourth-order valence-electron chi connectivity index (χ4n) is 2.87. The van der Waals surface area contributed by atoms with E-state index < -0.39 is 10.0 Å². The highest BCUT2D eigenvalue weighted by atomic mass is 79.9. The van der Waals surface area contributed by atoms with Crippen LogP contribution in [0.5, 0.6) is 0 Å². The van der Waals surface area contributed by atoms with Gasteiger partial charge < -0.3 is 0 Å². The summed E-state index contributed by atoms with van der Waals surface area (Å²) in [7, 11) is -3.73. The number of aromatic nitrogens is 2. The molecule has 0 atom stereocenters. The number of rotatable bonds is 5. The van der Waals surface area contributed by atoms with E-state index in [1.807, 2.05) is 13.8 Å². The normalized spacial score (nSPS) is 11.8. The summed E-state index contributed by atoms with van der Waals surface area (Å²) in [4.78, 5) is 12.6. The first-order valence-corrected chi connectivity index (χ1v) is 10.2. The van der Waals surface area contributed by atoms with E-state index in [9.17, 15) is 13.2 Å². The van der Waals surface area contributed by atoms with Crippen LogP contribution >= 0.6 is 15.9 Å². The molecule has 6 nitrogen and oxygen atoms in total. The van der Waals surface area contributed by atoms with Gasteiger partial charge in [0.1, 0.15) is 4.90 Å². The molecule has 0 aliphatic carbocycles. The Hall–Kier alpha value is -2.06.